The largest absolute Gasteiger partial charge is 0.496 e. The van der Waals surface area contributed by atoms with E-state index in [-0.39, 0.29) is 0 Å². The van der Waals surface area contributed by atoms with E-state index in [4.69, 9.17) is 15.2 Å². The van der Waals surface area contributed by atoms with E-state index in [1.165, 1.54) is 0 Å². The third-order valence-corrected chi connectivity index (χ3v) is 3.94. The van der Waals surface area contributed by atoms with Crippen LogP contribution < -0.4 is 15.2 Å². The lowest BCUT2D eigenvalue weighted by Crippen LogP contribution is -2.27. The number of aliphatic hydroxyl groups excluding tert-OH is 1. The van der Waals surface area contributed by atoms with Gasteiger partial charge in [0.2, 0.25) is 0 Å². The smallest absolute Gasteiger partial charge is 0.133 e. The van der Waals surface area contributed by atoms with E-state index in [1.807, 2.05) is 12.1 Å². The maximum atomic E-state index is 10.2. The molecule has 0 bridgehead atoms. The second-order valence-electron chi connectivity index (χ2n) is 5.29. The third kappa shape index (κ3) is 4.36. The second-order valence-corrected chi connectivity index (χ2v) is 6.15. The van der Waals surface area contributed by atoms with Gasteiger partial charge in [-0.2, -0.15) is 0 Å². The maximum absolute atomic E-state index is 10.2. The number of halogens is 1. The fourth-order valence-electron chi connectivity index (χ4n) is 2.04. The molecule has 0 aliphatic heterocycles. The van der Waals surface area contributed by atoms with Gasteiger partial charge in [-0.15, -0.1) is 0 Å². The van der Waals surface area contributed by atoms with Crippen LogP contribution in [0.2, 0.25) is 0 Å². The summed E-state index contributed by atoms with van der Waals surface area (Å²) in [5, 5.41) is 10.2. The molecule has 5 heteroatoms. The zero-order valence-electron chi connectivity index (χ0n) is 12.5. The summed E-state index contributed by atoms with van der Waals surface area (Å²) in [5.41, 5.74) is 6.93. The second kappa shape index (κ2) is 7.86. The van der Waals surface area contributed by atoms with Crippen LogP contribution in [-0.2, 0) is 0 Å². The molecule has 0 unspecified atom stereocenters. The molecule has 2 atom stereocenters. The number of hydrogen-bond acceptors (Lipinski definition) is 4. The molecule has 1 rings (SSSR count). The Labute approximate surface area is 129 Å². The van der Waals surface area contributed by atoms with Crippen molar-refractivity contribution in [2.24, 2.45) is 11.7 Å². The van der Waals surface area contributed by atoms with E-state index < -0.39 is 12.1 Å². The van der Waals surface area contributed by atoms with Crippen LogP contribution in [0.5, 0.6) is 11.5 Å². The van der Waals surface area contributed by atoms with E-state index in [9.17, 15) is 5.11 Å². The normalized spacial score (nSPS) is 14.2. The first kappa shape index (κ1) is 17.3. The van der Waals surface area contributed by atoms with Crippen molar-refractivity contribution in [3.63, 3.8) is 0 Å². The Bertz CT molecular complexity index is 437. The van der Waals surface area contributed by atoms with E-state index in [0.717, 1.165) is 16.5 Å². The van der Waals surface area contributed by atoms with Crippen LogP contribution in [0.25, 0.3) is 0 Å². The lowest BCUT2D eigenvalue weighted by molar-refractivity contribution is 0.127. The Morgan fingerprint density at radius 3 is 2.25 bits per heavy atom. The van der Waals surface area contributed by atoms with E-state index in [0.29, 0.717) is 23.8 Å². The molecule has 114 valence electrons. The average molecular weight is 346 g/mol. The van der Waals surface area contributed by atoms with Crippen LogP contribution in [0, 0.1) is 5.92 Å². The van der Waals surface area contributed by atoms with Gasteiger partial charge in [0, 0.05) is 5.56 Å². The average Bonchev–Trinajstić information content (AvgIpc) is 2.43. The van der Waals surface area contributed by atoms with Gasteiger partial charge in [0.25, 0.3) is 0 Å². The highest BCUT2D eigenvalue weighted by molar-refractivity contribution is 9.10. The van der Waals surface area contributed by atoms with Crippen molar-refractivity contribution < 1.29 is 14.6 Å². The van der Waals surface area contributed by atoms with Crippen LogP contribution in [0.1, 0.15) is 38.3 Å². The Kier molecular flexibility index (Phi) is 6.79. The van der Waals surface area contributed by atoms with Crippen LogP contribution in [0.3, 0.4) is 0 Å². The molecule has 1 aromatic rings. The van der Waals surface area contributed by atoms with Gasteiger partial charge >= 0.3 is 0 Å². The molecule has 0 aromatic heterocycles. The summed E-state index contributed by atoms with van der Waals surface area (Å²) < 4.78 is 11.4. The molecule has 0 saturated carbocycles. The first-order valence-electron chi connectivity index (χ1n) is 6.75. The van der Waals surface area contributed by atoms with Crippen molar-refractivity contribution in [3.8, 4) is 11.5 Å². The van der Waals surface area contributed by atoms with E-state index >= 15 is 0 Å². The van der Waals surface area contributed by atoms with Gasteiger partial charge < -0.3 is 20.3 Å². The molecule has 20 heavy (non-hydrogen) atoms. The minimum atomic E-state index is -0.600. The van der Waals surface area contributed by atoms with E-state index in [1.54, 1.807) is 14.2 Å². The summed E-state index contributed by atoms with van der Waals surface area (Å²) in [4.78, 5) is 0. The molecule has 0 spiro atoms. The molecule has 0 aliphatic rings. The minimum absolute atomic E-state index is 0.495. The van der Waals surface area contributed by atoms with Gasteiger partial charge in [0.1, 0.15) is 11.5 Å². The first-order chi connectivity index (χ1) is 9.40. The Morgan fingerprint density at radius 2 is 1.75 bits per heavy atom. The molecule has 0 aliphatic carbocycles. The number of nitrogens with two attached hydrogens (primary N) is 1. The predicted molar refractivity (Wildman–Crippen MR) is 84.3 cm³/mol. The molecule has 0 heterocycles. The number of hydrogen-bond donors (Lipinski definition) is 2. The zero-order valence-corrected chi connectivity index (χ0v) is 14.1. The van der Waals surface area contributed by atoms with Crippen LogP contribution in [0.4, 0.5) is 0 Å². The molecule has 4 nitrogen and oxygen atoms in total. The first-order valence-corrected chi connectivity index (χ1v) is 7.55. The van der Waals surface area contributed by atoms with Crippen molar-refractivity contribution >= 4 is 15.9 Å². The highest BCUT2D eigenvalue weighted by Gasteiger charge is 2.22. The van der Waals surface area contributed by atoms with Crippen molar-refractivity contribution in [1.82, 2.24) is 0 Å². The van der Waals surface area contributed by atoms with Crippen molar-refractivity contribution in [1.29, 1.82) is 0 Å². The number of methoxy groups -OCH3 is 2. The SMILES string of the molecule is COc1cc([C@H](N)[C@H](O)CCC(C)C)c(OC)cc1Br. The van der Waals surface area contributed by atoms with Crippen molar-refractivity contribution in [3.05, 3.63) is 22.2 Å². The highest BCUT2D eigenvalue weighted by Crippen LogP contribution is 2.36. The van der Waals surface area contributed by atoms with Crippen LogP contribution in [-0.4, -0.2) is 25.4 Å². The molecule has 1 aromatic carbocycles. The summed E-state index contributed by atoms with van der Waals surface area (Å²) in [7, 11) is 3.18. The fraction of sp³-hybridized carbons (Fsp3) is 0.600. The standard InChI is InChI=1S/C15H24BrNO3/c1-9(2)5-6-12(18)15(17)10-7-14(20-4)11(16)8-13(10)19-3/h7-9,12,15,18H,5-6,17H2,1-4H3/t12-,15+/m1/s1. The Morgan fingerprint density at radius 1 is 1.15 bits per heavy atom. The summed E-state index contributed by atoms with van der Waals surface area (Å²) in [6, 6.07) is 3.13. The van der Waals surface area contributed by atoms with Gasteiger partial charge in [-0.05, 0) is 46.8 Å². The third-order valence-electron chi connectivity index (χ3n) is 3.32. The number of rotatable bonds is 7. The molecule has 3 N–H and O–H groups in total. The lowest BCUT2D eigenvalue weighted by Gasteiger charge is -2.23. The zero-order chi connectivity index (χ0) is 15.3. The molecular weight excluding hydrogens is 322 g/mol. The molecular formula is C15H24BrNO3. The van der Waals surface area contributed by atoms with Gasteiger partial charge in [0.05, 0.1) is 30.8 Å². The van der Waals surface area contributed by atoms with E-state index in [2.05, 4.69) is 29.8 Å². The minimum Gasteiger partial charge on any atom is -0.496 e. The molecule has 0 radical (unpaired) electrons. The maximum Gasteiger partial charge on any atom is 0.133 e. The Balaban J connectivity index is 2.98. The number of ether oxygens (including phenoxy) is 2. The number of aliphatic hydroxyl groups is 1. The van der Waals surface area contributed by atoms with Crippen molar-refractivity contribution in [2.45, 2.75) is 38.8 Å². The summed E-state index contributed by atoms with van der Waals surface area (Å²) >= 11 is 3.41. The Hall–Kier alpha value is -0.780. The molecule has 0 amide bonds. The van der Waals surface area contributed by atoms with Gasteiger partial charge in [-0.3, -0.25) is 0 Å². The van der Waals surface area contributed by atoms with Crippen molar-refractivity contribution in [2.75, 3.05) is 14.2 Å². The summed E-state index contributed by atoms with van der Waals surface area (Å²) in [6.45, 7) is 4.25. The van der Waals surface area contributed by atoms with Gasteiger partial charge in [-0.1, -0.05) is 13.8 Å². The van der Waals surface area contributed by atoms with Crippen LogP contribution in [0.15, 0.2) is 16.6 Å². The summed E-state index contributed by atoms with van der Waals surface area (Å²) in [5.74, 6) is 1.86. The number of benzene rings is 1. The van der Waals surface area contributed by atoms with Crippen LogP contribution >= 0.6 is 15.9 Å². The predicted octanol–water partition coefficient (Wildman–Crippen LogP) is 3.26. The lowest BCUT2D eigenvalue weighted by atomic mass is 9.95. The monoisotopic (exact) mass is 345 g/mol. The fourth-order valence-corrected chi connectivity index (χ4v) is 2.52. The molecule has 0 fully saturated rings. The summed E-state index contributed by atoms with van der Waals surface area (Å²) in [6.07, 6.45) is 1.00. The highest BCUT2D eigenvalue weighted by atomic mass is 79.9. The van der Waals surface area contributed by atoms with Gasteiger partial charge in [0.15, 0.2) is 0 Å². The van der Waals surface area contributed by atoms with Gasteiger partial charge in [-0.25, -0.2) is 0 Å². The topological polar surface area (TPSA) is 64.7 Å². The quantitative estimate of drug-likeness (QED) is 0.795. The molecule has 0 saturated heterocycles.